The van der Waals surface area contributed by atoms with E-state index in [0.717, 1.165) is 17.1 Å². The molecule has 106 valence electrons. The summed E-state index contributed by atoms with van der Waals surface area (Å²) in [5.74, 6) is 1.50. The number of methoxy groups -OCH3 is 1. The van der Waals surface area contributed by atoms with Gasteiger partial charge in [-0.1, -0.05) is 12.1 Å². The lowest BCUT2D eigenvalue weighted by Crippen LogP contribution is -1.89. The monoisotopic (exact) mass is 280 g/mol. The van der Waals surface area contributed by atoms with E-state index in [9.17, 15) is 0 Å². The average Bonchev–Trinajstić information content (AvgIpc) is 3.17. The highest BCUT2D eigenvalue weighted by molar-refractivity contribution is 5.80. The molecule has 0 unspecified atom stereocenters. The third-order valence-electron chi connectivity index (χ3n) is 3.06. The lowest BCUT2D eigenvalue weighted by Gasteiger charge is -2.05. The molecule has 0 bridgehead atoms. The fourth-order valence-electron chi connectivity index (χ4n) is 2.10. The van der Waals surface area contributed by atoms with Crippen molar-refractivity contribution in [3.63, 3.8) is 0 Å². The van der Waals surface area contributed by atoms with E-state index < -0.39 is 0 Å². The fraction of sp³-hybridized carbons (Fsp3) is 0.118. The van der Waals surface area contributed by atoms with Crippen LogP contribution in [-0.2, 0) is 11.3 Å². The van der Waals surface area contributed by atoms with E-state index in [2.05, 4.69) is 4.99 Å². The van der Waals surface area contributed by atoms with Crippen LogP contribution in [0.3, 0.4) is 0 Å². The van der Waals surface area contributed by atoms with Gasteiger partial charge in [0.05, 0.1) is 17.6 Å². The number of aromatic nitrogens is 1. The van der Waals surface area contributed by atoms with Crippen molar-refractivity contribution >= 4 is 11.9 Å². The summed E-state index contributed by atoms with van der Waals surface area (Å²) in [6.07, 6.45) is 5.72. The van der Waals surface area contributed by atoms with E-state index in [1.807, 2.05) is 65.5 Å². The first-order valence-electron chi connectivity index (χ1n) is 6.71. The van der Waals surface area contributed by atoms with Crippen LogP contribution in [0, 0.1) is 0 Å². The Morgan fingerprint density at radius 1 is 1.10 bits per heavy atom. The van der Waals surface area contributed by atoms with Crippen molar-refractivity contribution < 1.29 is 9.15 Å². The molecule has 0 aliphatic carbocycles. The molecule has 0 radical (unpaired) electrons. The summed E-state index contributed by atoms with van der Waals surface area (Å²) in [4.78, 5) is 4.53. The number of aliphatic imine (C=N–C) groups is 1. The van der Waals surface area contributed by atoms with Crippen molar-refractivity contribution in [1.29, 1.82) is 0 Å². The van der Waals surface area contributed by atoms with Crippen molar-refractivity contribution in [3.05, 3.63) is 72.4 Å². The van der Waals surface area contributed by atoms with Gasteiger partial charge in [-0.05, 0) is 36.4 Å². The Bertz CT molecular complexity index is 727. The van der Waals surface area contributed by atoms with E-state index in [4.69, 9.17) is 9.15 Å². The highest BCUT2D eigenvalue weighted by Gasteiger charge is 2.02. The van der Waals surface area contributed by atoms with Crippen LogP contribution in [-0.4, -0.2) is 17.9 Å². The molecule has 0 N–H and O–H groups in total. The molecule has 0 saturated heterocycles. The highest BCUT2D eigenvalue weighted by atomic mass is 16.5. The van der Waals surface area contributed by atoms with Crippen LogP contribution in [0.2, 0.25) is 0 Å². The molecule has 0 saturated carbocycles. The van der Waals surface area contributed by atoms with Crippen molar-refractivity contribution in [3.8, 4) is 5.69 Å². The van der Waals surface area contributed by atoms with Gasteiger partial charge in [0, 0.05) is 19.5 Å². The third-order valence-corrected chi connectivity index (χ3v) is 3.06. The molecule has 2 heterocycles. The number of benzene rings is 1. The predicted octanol–water partition coefficient (Wildman–Crippen LogP) is 3.97. The van der Waals surface area contributed by atoms with Gasteiger partial charge in [-0.2, -0.15) is 0 Å². The fourth-order valence-corrected chi connectivity index (χ4v) is 2.10. The van der Waals surface area contributed by atoms with Gasteiger partial charge >= 0.3 is 0 Å². The minimum atomic E-state index is 0.466. The molecule has 21 heavy (non-hydrogen) atoms. The molecule has 1 aromatic carbocycles. The van der Waals surface area contributed by atoms with E-state index in [1.54, 1.807) is 13.3 Å². The smallest absolute Gasteiger partial charge is 0.145 e. The van der Waals surface area contributed by atoms with Crippen LogP contribution in [0.5, 0.6) is 0 Å². The zero-order valence-electron chi connectivity index (χ0n) is 11.8. The number of ether oxygens (including phenoxy) is 1. The van der Waals surface area contributed by atoms with Gasteiger partial charge in [0.25, 0.3) is 0 Å². The summed E-state index contributed by atoms with van der Waals surface area (Å²) >= 11 is 0. The molecule has 3 aromatic rings. The van der Waals surface area contributed by atoms with Crippen LogP contribution in [0.25, 0.3) is 5.69 Å². The first-order chi connectivity index (χ1) is 10.4. The van der Waals surface area contributed by atoms with Crippen molar-refractivity contribution in [2.75, 3.05) is 7.11 Å². The Morgan fingerprint density at radius 2 is 1.90 bits per heavy atom. The molecular weight excluding hydrogens is 264 g/mol. The Labute approximate surface area is 123 Å². The lowest BCUT2D eigenvalue weighted by molar-refractivity contribution is 0.164. The molecule has 3 rings (SSSR count). The summed E-state index contributed by atoms with van der Waals surface area (Å²) < 4.78 is 12.7. The number of nitrogens with zero attached hydrogens (tertiary/aromatic N) is 2. The summed E-state index contributed by atoms with van der Waals surface area (Å²) in [5, 5.41) is 0. The van der Waals surface area contributed by atoms with Gasteiger partial charge in [-0.3, -0.25) is 4.99 Å². The Balaban J connectivity index is 1.86. The van der Waals surface area contributed by atoms with E-state index >= 15 is 0 Å². The second kappa shape index (κ2) is 6.24. The molecule has 2 aromatic heterocycles. The molecule has 0 spiro atoms. The predicted molar refractivity (Wildman–Crippen MR) is 82.4 cm³/mol. The molecule has 0 amide bonds. The number of hydrogen-bond acceptors (Lipinski definition) is 3. The summed E-state index contributed by atoms with van der Waals surface area (Å²) in [5.41, 5.74) is 1.92. The number of rotatable bonds is 5. The topological polar surface area (TPSA) is 39.7 Å². The molecule has 4 heteroatoms. The minimum absolute atomic E-state index is 0.466. The molecular formula is C17H16N2O2. The first-order valence-corrected chi connectivity index (χ1v) is 6.71. The number of para-hydroxylation sites is 2. The van der Waals surface area contributed by atoms with E-state index in [-0.39, 0.29) is 0 Å². The van der Waals surface area contributed by atoms with Gasteiger partial charge in [0.2, 0.25) is 0 Å². The quantitative estimate of drug-likeness (QED) is 0.663. The summed E-state index contributed by atoms with van der Waals surface area (Å²) in [6.45, 7) is 0.466. The van der Waals surface area contributed by atoms with E-state index in [0.29, 0.717) is 12.4 Å². The molecule has 0 aliphatic heterocycles. The third kappa shape index (κ3) is 3.12. The Morgan fingerprint density at radius 3 is 2.71 bits per heavy atom. The minimum Gasteiger partial charge on any atom is -0.458 e. The second-order valence-electron chi connectivity index (χ2n) is 4.57. The SMILES string of the molecule is COCc1ccc(C=Nc2ccccc2-n2cccc2)o1. The van der Waals surface area contributed by atoms with Crippen molar-refractivity contribution in [2.45, 2.75) is 6.61 Å². The Kier molecular flexibility index (Phi) is 3.98. The van der Waals surface area contributed by atoms with Crippen LogP contribution in [0.15, 0.2) is 70.3 Å². The first kappa shape index (κ1) is 13.4. The summed E-state index contributed by atoms with van der Waals surface area (Å²) in [6, 6.07) is 15.7. The number of furan rings is 1. The largest absolute Gasteiger partial charge is 0.458 e. The maximum atomic E-state index is 5.60. The van der Waals surface area contributed by atoms with Crippen molar-refractivity contribution in [2.24, 2.45) is 4.99 Å². The number of hydrogen-bond donors (Lipinski definition) is 0. The maximum Gasteiger partial charge on any atom is 0.145 e. The zero-order chi connectivity index (χ0) is 14.5. The van der Waals surface area contributed by atoms with Crippen LogP contribution in [0.4, 0.5) is 5.69 Å². The normalized spacial score (nSPS) is 11.3. The van der Waals surface area contributed by atoms with Gasteiger partial charge in [-0.15, -0.1) is 0 Å². The summed E-state index contributed by atoms with van der Waals surface area (Å²) in [7, 11) is 1.64. The molecule has 0 aliphatic rings. The second-order valence-corrected chi connectivity index (χ2v) is 4.57. The van der Waals surface area contributed by atoms with Gasteiger partial charge in [0.15, 0.2) is 0 Å². The molecule has 4 nitrogen and oxygen atoms in total. The van der Waals surface area contributed by atoms with E-state index in [1.165, 1.54) is 0 Å². The van der Waals surface area contributed by atoms with Gasteiger partial charge < -0.3 is 13.7 Å². The van der Waals surface area contributed by atoms with Gasteiger partial charge in [-0.25, -0.2) is 0 Å². The van der Waals surface area contributed by atoms with Crippen LogP contribution >= 0.6 is 0 Å². The van der Waals surface area contributed by atoms with Crippen LogP contribution in [0.1, 0.15) is 11.5 Å². The molecule has 0 atom stereocenters. The standard InChI is InChI=1S/C17H16N2O2/c1-20-13-15-9-8-14(21-15)12-18-16-6-2-3-7-17(16)19-10-4-5-11-19/h2-12H,13H2,1H3. The lowest BCUT2D eigenvalue weighted by atomic mass is 10.2. The van der Waals surface area contributed by atoms with Crippen LogP contribution < -0.4 is 0 Å². The maximum absolute atomic E-state index is 5.60. The Hall–Kier alpha value is -2.59. The molecule has 0 fully saturated rings. The zero-order valence-corrected chi connectivity index (χ0v) is 11.8. The highest BCUT2D eigenvalue weighted by Crippen LogP contribution is 2.23. The van der Waals surface area contributed by atoms with Gasteiger partial charge in [0.1, 0.15) is 18.1 Å². The average molecular weight is 280 g/mol. The van der Waals surface area contributed by atoms with Crippen molar-refractivity contribution in [1.82, 2.24) is 4.57 Å².